The van der Waals surface area contributed by atoms with Crippen molar-refractivity contribution in [1.82, 2.24) is 10.3 Å². The minimum atomic E-state index is -0.172. The van der Waals surface area contributed by atoms with Crippen LogP contribution in [0.3, 0.4) is 0 Å². The van der Waals surface area contributed by atoms with Crippen molar-refractivity contribution >= 4 is 40.8 Å². The zero-order chi connectivity index (χ0) is 20.5. The fourth-order valence-electron chi connectivity index (χ4n) is 3.49. The van der Waals surface area contributed by atoms with Gasteiger partial charge in [0.2, 0.25) is 6.79 Å². The standard InChI is InChI=1S/C24H17ClN2O3.ClH/c25-17-5-3-4-16(11-17)21-12-19(18-6-1-2-7-20(18)27-21)24(28)26-13-15-8-9-22-23(10-15)30-14-29-22;/h1-12H,13-14H2,(H,26,28);1H. The lowest BCUT2D eigenvalue weighted by molar-refractivity contribution is 0.0952. The monoisotopic (exact) mass is 452 g/mol. The van der Waals surface area contributed by atoms with Crippen LogP contribution in [-0.4, -0.2) is 17.7 Å². The van der Waals surface area contributed by atoms with Gasteiger partial charge in [0, 0.05) is 22.5 Å². The molecule has 1 aliphatic rings. The van der Waals surface area contributed by atoms with Crippen LogP contribution in [0.1, 0.15) is 15.9 Å². The number of nitrogens with one attached hydrogen (secondary N) is 1. The molecule has 0 aliphatic carbocycles. The predicted octanol–water partition coefficient (Wildman–Crippen LogP) is 5.64. The molecule has 0 saturated carbocycles. The quantitative estimate of drug-likeness (QED) is 0.435. The van der Waals surface area contributed by atoms with Gasteiger partial charge in [-0.05, 0) is 42.0 Å². The van der Waals surface area contributed by atoms with Crippen molar-refractivity contribution in [1.29, 1.82) is 0 Å². The highest BCUT2D eigenvalue weighted by Gasteiger charge is 2.16. The van der Waals surface area contributed by atoms with Crippen LogP contribution in [0.4, 0.5) is 0 Å². The van der Waals surface area contributed by atoms with E-state index in [-0.39, 0.29) is 25.1 Å². The van der Waals surface area contributed by atoms with Gasteiger partial charge in [-0.1, -0.05) is 48.0 Å². The van der Waals surface area contributed by atoms with Crippen molar-refractivity contribution in [3.8, 4) is 22.8 Å². The fraction of sp³-hybridized carbons (Fsp3) is 0.0833. The Hall–Kier alpha value is -3.28. The Bertz CT molecular complexity index is 1280. The number of nitrogens with zero attached hydrogens (tertiary/aromatic N) is 1. The van der Waals surface area contributed by atoms with E-state index in [9.17, 15) is 4.79 Å². The van der Waals surface area contributed by atoms with Gasteiger partial charge >= 0.3 is 0 Å². The molecule has 0 spiro atoms. The van der Waals surface area contributed by atoms with Gasteiger partial charge in [0.1, 0.15) is 0 Å². The van der Waals surface area contributed by atoms with Crippen LogP contribution >= 0.6 is 24.0 Å². The summed E-state index contributed by atoms with van der Waals surface area (Å²) in [7, 11) is 0. The molecule has 1 amide bonds. The Morgan fingerprint density at radius 2 is 1.81 bits per heavy atom. The number of pyridine rings is 1. The summed E-state index contributed by atoms with van der Waals surface area (Å²) in [5.74, 6) is 1.24. The molecule has 1 aromatic heterocycles. The van der Waals surface area contributed by atoms with Crippen molar-refractivity contribution in [2.45, 2.75) is 6.54 Å². The third kappa shape index (κ3) is 4.29. The topological polar surface area (TPSA) is 60.5 Å². The van der Waals surface area contributed by atoms with Crippen LogP contribution in [0.25, 0.3) is 22.2 Å². The van der Waals surface area contributed by atoms with Crippen molar-refractivity contribution in [2.75, 3.05) is 6.79 Å². The molecule has 0 unspecified atom stereocenters. The minimum Gasteiger partial charge on any atom is -0.454 e. The Morgan fingerprint density at radius 1 is 0.968 bits per heavy atom. The molecule has 1 N–H and O–H groups in total. The van der Waals surface area contributed by atoms with E-state index in [1.54, 1.807) is 0 Å². The van der Waals surface area contributed by atoms with Crippen molar-refractivity contribution < 1.29 is 14.3 Å². The Kier molecular flexibility index (Phi) is 5.98. The van der Waals surface area contributed by atoms with E-state index in [1.165, 1.54) is 0 Å². The average Bonchev–Trinajstić information content (AvgIpc) is 3.24. The molecule has 5 rings (SSSR count). The number of hydrogen-bond donors (Lipinski definition) is 1. The van der Waals surface area contributed by atoms with Crippen LogP contribution < -0.4 is 14.8 Å². The molecule has 0 bridgehead atoms. The van der Waals surface area contributed by atoms with Crippen LogP contribution in [-0.2, 0) is 6.54 Å². The van der Waals surface area contributed by atoms with Gasteiger partial charge in [0.05, 0.1) is 16.8 Å². The molecule has 4 aromatic rings. The van der Waals surface area contributed by atoms with E-state index in [0.717, 1.165) is 27.8 Å². The number of carbonyl (C=O) groups is 1. The van der Waals surface area contributed by atoms with Gasteiger partial charge in [0.25, 0.3) is 5.91 Å². The van der Waals surface area contributed by atoms with E-state index >= 15 is 0 Å². The van der Waals surface area contributed by atoms with Crippen LogP contribution in [0.15, 0.2) is 72.8 Å². The number of hydrogen-bond acceptors (Lipinski definition) is 4. The average molecular weight is 453 g/mol. The maximum absolute atomic E-state index is 13.1. The fourth-order valence-corrected chi connectivity index (χ4v) is 3.68. The molecule has 31 heavy (non-hydrogen) atoms. The molecule has 0 radical (unpaired) electrons. The van der Waals surface area contributed by atoms with Gasteiger partial charge in [0.15, 0.2) is 11.5 Å². The highest BCUT2D eigenvalue weighted by molar-refractivity contribution is 6.30. The first-order chi connectivity index (χ1) is 14.7. The molecule has 5 nitrogen and oxygen atoms in total. The number of benzene rings is 3. The summed E-state index contributed by atoms with van der Waals surface area (Å²) in [5, 5.41) is 4.42. The second-order valence-electron chi connectivity index (χ2n) is 6.95. The Labute approximate surface area is 190 Å². The van der Waals surface area contributed by atoms with E-state index in [1.807, 2.05) is 72.8 Å². The first-order valence-electron chi connectivity index (χ1n) is 9.50. The molecule has 0 saturated heterocycles. The summed E-state index contributed by atoms with van der Waals surface area (Å²) in [6.07, 6.45) is 0. The molecule has 1 aliphatic heterocycles. The number of ether oxygens (including phenoxy) is 2. The third-order valence-corrected chi connectivity index (χ3v) is 5.21. The lowest BCUT2D eigenvalue weighted by atomic mass is 10.0. The number of rotatable bonds is 4. The lowest BCUT2D eigenvalue weighted by Crippen LogP contribution is -2.23. The number of fused-ring (bicyclic) bond motifs is 2. The molecule has 2 heterocycles. The SMILES string of the molecule is Cl.O=C(NCc1ccc2c(c1)OCO2)c1cc(-c2cccc(Cl)c2)nc2ccccc12. The molecule has 156 valence electrons. The third-order valence-electron chi connectivity index (χ3n) is 4.97. The van der Waals surface area contributed by atoms with Crippen LogP contribution in [0.2, 0.25) is 5.02 Å². The number of para-hydroxylation sites is 1. The van der Waals surface area contributed by atoms with Gasteiger partial charge < -0.3 is 14.8 Å². The highest BCUT2D eigenvalue weighted by Crippen LogP contribution is 2.32. The molecule has 0 atom stereocenters. The second-order valence-corrected chi connectivity index (χ2v) is 7.39. The van der Waals surface area contributed by atoms with Crippen molar-refractivity contribution in [3.05, 3.63) is 88.9 Å². The minimum absolute atomic E-state index is 0. The van der Waals surface area contributed by atoms with E-state index < -0.39 is 0 Å². The smallest absolute Gasteiger partial charge is 0.252 e. The van der Waals surface area contributed by atoms with Crippen molar-refractivity contribution in [3.63, 3.8) is 0 Å². The molecular formula is C24H18Cl2N2O3. The number of halogens is 2. The largest absolute Gasteiger partial charge is 0.454 e. The summed E-state index contributed by atoms with van der Waals surface area (Å²) < 4.78 is 10.7. The van der Waals surface area contributed by atoms with Gasteiger partial charge in [-0.2, -0.15) is 0 Å². The molecule has 3 aromatic carbocycles. The number of carbonyl (C=O) groups excluding carboxylic acids is 1. The number of amides is 1. The van der Waals surface area contributed by atoms with Gasteiger partial charge in [-0.3, -0.25) is 4.79 Å². The summed E-state index contributed by atoms with van der Waals surface area (Å²) >= 11 is 6.15. The number of aromatic nitrogens is 1. The van der Waals surface area contributed by atoms with Crippen molar-refractivity contribution in [2.24, 2.45) is 0 Å². The molecule has 0 fully saturated rings. The normalized spacial score (nSPS) is 11.8. The summed E-state index contributed by atoms with van der Waals surface area (Å²) in [5.41, 5.74) is 3.81. The zero-order valence-corrected chi connectivity index (χ0v) is 17.9. The van der Waals surface area contributed by atoms with Crippen LogP contribution in [0.5, 0.6) is 11.5 Å². The lowest BCUT2D eigenvalue weighted by Gasteiger charge is -2.11. The zero-order valence-electron chi connectivity index (χ0n) is 16.3. The van der Waals surface area contributed by atoms with Gasteiger partial charge in [-0.15, -0.1) is 12.4 Å². The second kappa shape index (κ2) is 8.84. The van der Waals surface area contributed by atoms with Gasteiger partial charge in [-0.25, -0.2) is 4.98 Å². The summed E-state index contributed by atoms with van der Waals surface area (Å²) in [4.78, 5) is 17.8. The Morgan fingerprint density at radius 3 is 2.68 bits per heavy atom. The molecule has 7 heteroatoms. The Balaban J connectivity index is 0.00000231. The highest BCUT2D eigenvalue weighted by atomic mass is 35.5. The maximum Gasteiger partial charge on any atom is 0.252 e. The molecular weight excluding hydrogens is 435 g/mol. The first-order valence-corrected chi connectivity index (χ1v) is 9.88. The first kappa shape index (κ1) is 21.0. The van der Waals surface area contributed by atoms with E-state index in [0.29, 0.717) is 28.6 Å². The predicted molar refractivity (Wildman–Crippen MR) is 123 cm³/mol. The van der Waals surface area contributed by atoms with E-state index in [4.69, 9.17) is 26.1 Å². The van der Waals surface area contributed by atoms with Crippen LogP contribution in [0, 0.1) is 0 Å². The maximum atomic E-state index is 13.1. The summed E-state index contributed by atoms with van der Waals surface area (Å²) in [6.45, 7) is 0.596. The van der Waals surface area contributed by atoms with E-state index in [2.05, 4.69) is 5.32 Å². The summed E-state index contributed by atoms with van der Waals surface area (Å²) in [6, 6.07) is 22.5.